The molecule has 3 rings (SSSR count). The monoisotopic (exact) mass is 291 g/mol. The van der Waals surface area contributed by atoms with Gasteiger partial charge in [-0.25, -0.2) is 9.67 Å². The number of likely N-dealkylation sites (tertiary alicyclic amines) is 1. The van der Waals surface area contributed by atoms with Crippen LogP contribution in [-0.2, 0) is 11.3 Å². The van der Waals surface area contributed by atoms with Gasteiger partial charge in [0.25, 0.3) is 0 Å². The molecule has 2 fully saturated rings. The first-order valence-corrected chi connectivity index (χ1v) is 8.14. The fourth-order valence-electron chi connectivity index (χ4n) is 3.57. The highest BCUT2D eigenvalue weighted by atomic mass is 16.2. The van der Waals surface area contributed by atoms with Gasteiger partial charge in [-0.15, -0.1) is 0 Å². The van der Waals surface area contributed by atoms with E-state index in [1.54, 1.807) is 11.0 Å². The standard InChI is InChI=1S/C15H25N5O/c21-15(10-20-12-16-11-18-20)17-9-13-5-7-19(8-6-13)14-3-1-2-4-14/h11-14H,1-10H2,(H,17,21). The van der Waals surface area contributed by atoms with Crippen LogP contribution in [0.3, 0.4) is 0 Å². The summed E-state index contributed by atoms with van der Waals surface area (Å²) < 4.78 is 1.55. The molecule has 2 aliphatic rings. The van der Waals surface area contributed by atoms with Crippen molar-refractivity contribution in [2.75, 3.05) is 19.6 Å². The van der Waals surface area contributed by atoms with Crippen LogP contribution in [0.25, 0.3) is 0 Å². The van der Waals surface area contributed by atoms with Gasteiger partial charge in [-0.05, 0) is 44.7 Å². The Hall–Kier alpha value is -1.43. The van der Waals surface area contributed by atoms with E-state index in [2.05, 4.69) is 20.3 Å². The van der Waals surface area contributed by atoms with Crippen molar-refractivity contribution in [2.45, 2.75) is 51.1 Å². The molecule has 0 radical (unpaired) electrons. The summed E-state index contributed by atoms with van der Waals surface area (Å²) in [7, 11) is 0. The first kappa shape index (κ1) is 14.5. The van der Waals surface area contributed by atoms with Crippen molar-refractivity contribution >= 4 is 5.91 Å². The molecule has 0 bridgehead atoms. The number of carbonyl (C=O) groups is 1. The summed E-state index contributed by atoms with van der Waals surface area (Å²) in [4.78, 5) is 18.3. The van der Waals surface area contributed by atoms with Crippen molar-refractivity contribution in [1.29, 1.82) is 0 Å². The number of hydrogen-bond donors (Lipinski definition) is 1. The molecule has 1 aliphatic heterocycles. The van der Waals surface area contributed by atoms with Gasteiger partial charge >= 0.3 is 0 Å². The van der Waals surface area contributed by atoms with Crippen LogP contribution in [0.1, 0.15) is 38.5 Å². The Morgan fingerprint density at radius 3 is 2.62 bits per heavy atom. The zero-order valence-corrected chi connectivity index (χ0v) is 12.6. The van der Waals surface area contributed by atoms with Crippen LogP contribution < -0.4 is 5.32 Å². The molecule has 21 heavy (non-hydrogen) atoms. The molecule has 1 aromatic rings. The lowest BCUT2D eigenvalue weighted by Crippen LogP contribution is -2.43. The number of hydrogen-bond acceptors (Lipinski definition) is 4. The van der Waals surface area contributed by atoms with E-state index >= 15 is 0 Å². The van der Waals surface area contributed by atoms with Crippen LogP contribution in [0.15, 0.2) is 12.7 Å². The maximum Gasteiger partial charge on any atom is 0.241 e. The number of rotatable bonds is 5. The molecule has 6 nitrogen and oxygen atoms in total. The third-order valence-corrected chi connectivity index (χ3v) is 4.85. The third kappa shape index (κ3) is 4.03. The van der Waals surface area contributed by atoms with E-state index in [1.807, 2.05) is 0 Å². The summed E-state index contributed by atoms with van der Waals surface area (Å²) in [5, 5.41) is 6.97. The number of piperidine rings is 1. The van der Waals surface area contributed by atoms with E-state index in [9.17, 15) is 4.79 Å². The molecule has 6 heteroatoms. The van der Waals surface area contributed by atoms with Crippen LogP contribution >= 0.6 is 0 Å². The molecule has 1 saturated carbocycles. The number of carbonyl (C=O) groups excluding carboxylic acids is 1. The van der Waals surface area contributed by atoms with E-state index in [0.717, 1.165) is 12.6 Å². The number of amides is 1. The van der Waals surface area contributed by atoms with Crippen molar-refractivity contribution in [1.82, 2.24) is 25.0 Å². The Morgan fingerprint density at radius 2 is 1.95 bits per heavy atom. The van der Waals surface area contributed by atoms with E-state index in [0.29, 0.717) is 5.92 Å². The molecule has 116 valence electrons. The molecule has 0 spiro atoms. The second-order valence-electron chi connectivity index (χ2n) is 6.31. The summed E-state index contributed by atoms with van der Waals surface area (Å²) in [5.41, 5.74) is 0. The van der Waals surface area contributed by atoms with E-state index in [-0.39, 0.29) is 12.5 Å². The zero-order valence-electron chi connectivity index (χ0n) is 12.6. The van der Waals surface area contributed by atoms with Gasteiger partial charge in [-0.1, -0.05) is 12.8 Å². The second-order valence-corrected chi connectivity index (χ2v) is 6.31. The van der Waals surface area contributed by atoms with Gasteiger partial charge in [0, 0.05) is 12.6 Å². The van der Waals surface area contributed by atoms with Gasteiger partial charge in [-0.2, -0.15) is 5.10 Å². The minimum absolute atomic E-state index is 0.0266. The molecule has 1 aromatic heterocycles. The first-order chi connectivity index (χ1) is 10.3. The molecule has 2 heterocycles. The second kappa shape index (κ2) is 7.02. The van der Waals surface area contributed by atoms with Crippen molar-refractivity contribution in [3.8, 4) is 0 Å². The van der Waals surface area contributed by atoms with Gasteiger partial charge in [0.2, 0.25) is 5.91 Å². The highest BCUT2D eigenvalue weighted by molar-refractivity contribution is 5.75. The Bertz CT molecular complexity index is 433. The molecule has 1 aliphatic carbocycles. The van der Waals surface area contributed by atoms with Gasteiger partial charge in [0.05, 0.1) is 0 Å². The summed E-state index contributed by atoms with van der Waals surface area (Å²) >= 11 is 0. The highest BCUT2D eigenvalue weighted by Gasteiger charge is 2.27. The van der Waals surface area contributed by atoms with Gasteiger partial charge in [0.15, 0.2) is 0 Å². The first-order valence-electron chi connectivity index (χ1n) is 8.14. The van der Waals surface area contributed by atoms with Gasteiger partial charge in [-0.3, -0.25) is 4.79 Å². The summed E-state index contributed by atoms with van der Waals surface area (Å²) in [6.45, 7) is 3.47. The molecule has 0 aromatic carbocycles. The average molecular weight is 291 g/mol. The van der Waals surface area contributed by atoms with Crippen LogP contribution in [0.5, 0.6) is 0 Å². The number of nitrogens with one attached hydrogen (secondary N) is 1. The quantitative estimate of drug-likeness (QED) is 0.881. The lowest BCUT2D eigenvalue weighted by atomic mass is 9.95. The minimum Gasteiger partial charge on any atom is -0.354 e. The summed E-state index contributed by atoms with van der Waals surface area (Å²) in [6.07, 6.45) is 11.0. The molecule has 1 saturated heterocycles. The predicted molar refractivity (Wildman–Crippen MR) is 79.6 cm³/mol. The van der Waals surface area contributed by atoms with Crippen LogP contribution in [0, 0.1) is 5.92 Å². The van der Waals surface area contributed by atoms with Crippen molar-refractivity contribution in [2.24, 2.45) is 5.92 Å². The van der Waals surface area contributed by atoms with Gasteiger partial charge in [0.1, 0.15) is 19.2 Å². The predicted octanol–water partition coefficient (Wildman–Crippen LogP) is 1.05. The maximum absolute atomic E-state index is 11.8. The van der Waals surface area contributed by atoms with Crippen LogP contribution in [0.2, 0.25) is 0 Å². The largest absolute Gasteiger partial charge is 0.354 e. The Morgan fingerprint density at radius 1 is 1.19 bits per heavy atom. The van der Waals surface area contributed by atoms with E-state index in [4.69, 9.17) is 0 Å². The lowest BCUT2D eigenvalue weighted by molar-refractivity contribution is -0.122. The Kier molecular flexibility index (Phi) is 4.85. The normalized spacial score (nSPS) is 21.7. The number of nitrogens with zero attached hydrogens (tertiary/aromatic N) is 4. The van der Waals surface area contributed by atoms with Gasteiger partial charge < -0.3 is 10.2 Å². The van der Waals surface area contributed by atoms with E-state index < -0.39 is 0 Å². The zero-order chi connectivity index (χ0) is 14.5. The molecule has 1 N–H and O–H groups in total. The van der Waals surface area contributed by atoms with Crippen molar-refractivity contribution < 1.29 is 4.79 Å². The lowest BCUT2D eigenvalue weighted by Gasteiger charge is -2.36. The molecule has 1 amide bonds. The van der Waals surface area contributed by atoms with Crippen LogP contribution in [0.4, 0.5) is 0 Å². The van der Waals surface area contributed by atoms with Crippen molar-refractivity contribution in [3.63, 3.8) is 0 Å². The molecule has 0 unspecified atom stereocenters. The number of aromatic nitrogens is 3. The Labute approximate surface area is 125 Å². The van der Waals surface area contributed by atoms with Crippen LogP contribution in [-0.4, -0.2) is 51.2 Å². The third-order valence-electron chi connectivity index (χ3n) is 4.85. The minimum atomic E-state index is 0.0266. The molecular formula is C15H25N5O. The van der Waals surface area contributed by atoms with Crippen molar-refractivity contribution in [3.05, 3.63) is 12.7 Å². The van der Waals surface area contributed by atoms with E-state index in [1.165, 1.54) is 57.9 Å². The topological polar surface area (TPSA) is 63.1 Å². The molecular weight excluding hydrogens is 266 g/mol. The summed E-state index contributed by atoms with van der Waals surface area (Å²) in [5.74, 6) is 0.654. The smallest absolute Gasteiger partial charge is 0.241 e. The molecule has 0 atom stereocenters. The SMILES string of the molecule is O=C(Cn1cncn1)NCC1CCN(C2CCCC2)CC1. The average Bonchev–Trinajstić information content (AvgIpc) is 3.19. The highest BCUT2D eigenvalue weighted by Crippen LogP contribution is 2.27. The fraction of sp³-hybridized carbons (Fsp3) is 0.800. The fourth-order valence-corrected chi connectivity index (χ4v) is 3.57. The summed E-state index contributed by atoms with van der Waals surface area (Å²) in [6, 6.07) is 0.841. The Balaban J connectivity index is 1.34. The maximum atomic E-state index is 11.8.